The third-order valence-electron chi connectivity index (χ3n) is 7.46. The molecule has 6 rings (SSSR count). The number of anilines is 3. The van der Waals surface area contributed by atoms with Gasteiger partial charge in [-0.3, -0.25) is 0 Å². The van der Waals surface area contributed by atoms with E-state index < -0.39 is 5.60 Å². The van der Waals surface area contributed by atoms with Gasteiger partial charge in [0.05, 0.1) is 11.3 Å². The average Bonchev–Trinajstić information content (AvgIpc) is 3.29. The largest absolute Gasteiger partial charge is 0.456 e. The summed E-state index contributed by atoms with van der Waals surface area (Å²) in [4.78, 5) is 15.5. The van der Waals surface area contributed by atoms with Gasteiger partial charge in [-0.05, 0) is 90.5 Å². The Morgan fingerprint density at radius 2 is 1.78 bits per heavy atom. The Bertz CT molecular complexity index is 1740. The van der Waals surface area contributed by atoms with Crippen LogP contribution in [0, 0.1) is 0 Å². The third-order valence-corrected chi connectivity index (χ3v) is 8.15. The standard InChI is InChI=1S/C35H29BrN2O3/c1-4-7-12-24(5-2)38(6-3)25-18-19-28-33(22-25)40-32-20-17-23(37-31-16-11-10-15-30(31)36)21-29(32)35(28)27-14-9-8-13-26(27)34(39)41-35/h4-5,7-22,37H,2,6H2,1,3H3/b7-4-,24-12+. The van der Waals surface area contributed by atoms with Crippen molar-refractivity contribution >= 4 is 39.0 Å². The summed E-state index contributed by atoms with van der Waals surface area (Å²) in [6, 6.07) is 27.5. The first-order chi connectivity index (χ1) is 20.0. The van der Waals surface area contributed by atoms with Crippen molar-refractivity contribution in [1.29, 1.82) is 0 Å². The fraction of sp³-hybridized carbons (Fsp3) is 0.114. The molecular weight excluding hydrogens is 576 g/mol. The summed E-state index contributed by atoms with van der Waals surface area (Å²) >= 11 is 3.62. The number of nitrogens with zero attached hydrogens (tertiary/aromatic N) is 1. The van der Waals surface area contributed by atoms with Gasteiger partial charge >= 0.3 is 5.97 Å². The maximum absolute atomic E-state index is 13.3. The lowest BCUT2D eigenvalue weighted by Gasteiger charge is -2.37. The second-order valence-electron chi connectivity index (χ2n) is 9.78. The first-order valence-corrected chi connectivity index (χ1v) is 14.3. The monoisotopic (exact) mass is 604 g/mol. The van der Waals surface area contributed by atoms with E-state index in [1.807, 2.05) is 116 Å². The summed E-state index contributed by atoms with van der Waals surface area (Å²) in [5.74, 6) is 0.915. The van der Waals surface area contributed by atoms with Crippen LogP contribution in [0.1, 0.15) is 40.9 Å². The van der Waals surface area contributed by atoms with Crippen LogP contribution in [0.5, 0.6) is 11.5 Å². The first-order valence-electron chi connectivity index (χ1n) is 13.5. The van der Waals surface area contributed by atoms with Gasteiger partial charge in [-0.2, -0.15) is 0 Å². The molecule has 1 unspecified atom stereocenters. The van der Waals surface area contributed by atoms with Crippen molar-refractivity contribution in [2.75, 3.05) is 16.8 Å². The maximum atomic E-state index is 13.3. The topological polar surface area (TPSA) is 50.8 Å². The molecule has 1 spiro atoms. The quantitative estimate of drug-likeness (QED) is 0.168. The van der Waals surface area contributed by atoms with E-state index in [9.17, 15) is 4.79 Å². The van der Waals surface area contributed by atoms with Crippen LogP contribution >= 0.6 is 15.9 Å². The van der Waals surface area contributed by atoms with Crippen molar-refractivity contribution in [3.63, 3.8) is 0 Å². The molecule has 41 heavy (non-hydrogen) atoms. The number of fused-ring (bicyclic) bond motifs is 6. The second-order valence-corrected chi connectivity index (χ2v) is 10.6. The van der Waals surface area contributed by atoms with Crippen LogP contribution in [0.3, 0.4) is 0 Å². The SMILES string of the molecule is C=C/C(=C\C=C/C)N(CC)c1ccc2c(c1)Oc1ccc(Nc3ccccc3Br)cc1C21OC(=O)c2ccccc21. The number of ether oxygens (including phenoxy) is 2. The van der Waals surface area contributed by atoms with Gasteiger partial charge in [0, 0.05) is 50.8 Å². The van der Waals surface area contributed by atoms with Crippen LogP contribution in [-0.2, 0) is 10.3 Å². The number of esters is 1. The zero-order valence-electron chi connectivity index (χ0n) is 22.9. The van der Waals surface area contributed by atoms with Crippen LogP contribution in [0.2, 0.25) is 0 Å². The van der Waals surface area contributed by atoms with Crippen molar-refractivity contribution in [2.24, 2.45) is 0 Å². The Morgan fingerprint density at radius 1 is 0.976 bits per heavy atom. The molecule has 2 heterocycles. The van der Waals surface area contributed by atoms with Crippen LogP contribution in [0.4, 0.5) is 17.1 Å². The zero-order chi connectivity index (χ0) is 28.6. The molecule has 2 aliphatic rings. The first kappa shape index (κ1) is 26.7. The minimum atomic E-state index is -1.15. The van der Waals surface area contributed by atoms with E-state index in [1.54, 1.807) is 0 Å². The fourth-order valence-electron chi connectivity index (χ4n) is 5.60. The molecule has 1 atom stereocenters. The van der Waals surface area contributed by atoms with Gasteiger partial charge in [-0.15, -0.1) is 0 Å². The summed E-state index contributed by atoms with van der Waals surface area (Å²) in [5.41, 5.74) is 5.43. The molecule has 4 aromatic rings. The maximum Gasteiger partial charge on any atom is 0.340 e. The molecule has 5 nitrogen and oxygen atoms in total. The molecule has 2 aliphatic heterocycles. The Morgan fingerprint density at radius 3 is 2.56 bits per heavy atom. The summed E-state index contributed by atoms with van der Waals surface area (Å²) in [7, 11) is 0. The number of halogens is 1. The van der Waals surface area contributed by atoms with Crippen LogP contribution in [0.15, 0.2) is 126 Å². The number of para-hydroxylation sites is 1. The van der Waals surface area contributed by atoms with Crippen molar-refractivity contribution in [2.45, 2.75) is 19.4 Å². The van der Waals surface area contributed by atoms with Crippen molar-refractivity contribution in [3.8, 4) is 11.5 Å². The molecule has 204 valence electrons. The smallest absolute Gasteiger partial charge is 0.340 e. The van der Waals surface area contributed by atoms with E-state index in [4.69, 9.17) is 9.47 Å². The van der Waals surface area contributed by atoms with Crippen LogP contribution < -0.4 is 15.0 Å². The Hall–Kier alpha value is -4.55. The van der Waals surface area contributed by atoms with E-state index in [0.29, 0.717) is 17.1 Å². The summed E-state index contributed by atoms with van der Waals surface area (Å²) in [6.07, 6.45) is 7.85. The fourth-order valence-corrected chi connectivity index (χ4v) is 5.99. The highest BCUT2D eigenvalue weighted by atomic mass is 79.9. The Balaban J connectivity index is 1.52. The van der Waals surface area contributed by atoms with E-state index in [-0.39, 0.29) is 5.97 Å². The number of carbonyl (C=O) groups excluding carboxylic acids is 1. The summed E-state index contributed by atoms with van der Waals surface area (Å²) < 4.78 is 13.9. The lowest BCUT2D eigenvalue weighted by atomic mass is 9.77. The molecule has 1 N–H and O–H groups in total. The third kappa shape index (κ3) is 4.45. The Kier molecular flexibility index (Phi) is 7.01. The van der Waals surface area contributed by atoms with Crippen LogP contribution in [0.25, 0.3) is 0 Å². The highest BCUT2D eigenvalue weighted by Gasteiger charge is 2.53. The van der Waals surface area contributed by atoms with E-state index in [1.165, 1.54) is 0 Å². The summed E-state index contributed by atoms with van der Waals surface area (Å²) in [5, 5.41) is 3.48. The van der Waals surface area contributed by atoms with Gasteiger partial charge in [0.1, 0.15) is 11.5 Å². The lowest BCUT2D eigenvalue weighted by Crippen LogP contribution is -2.33. The molecule has 0 aromatic heterocycles. The number of rotatable bonds is 7. The van der Waals surface area contributed by atoms with Gasteiger partial charge < -0.3 is 19.7 Å². The van der Waals surface area contributed by atoms with E-state index in [2.05, 4.69) is 39.6 Å². The van der Waals surface area contributed by atoms with Crippen molar-refractivity contribution in [1.82, 2.24) is 0 Å². The van der Waals surface area contributed by atoms with Gasteiger partial charge in [-0.25, -0.2) is 4.79 Å². The zero-order valence-corrected chi connectivity index (χ0v) is 24.4. The number of nitrogens with one attached hydrogen (secondary N) is 1. The highest BCUT2D eigenvalue weighted by Crippen LogP contribution is 2.57. The molecule has 4 aromatic carbocycles. The Labute approximate surface area is 248 Å². The number of likely N-dealkylation sites (N-methyl/N-ethyl adjacent to an activating group) is 1. The van der Waals surface area contributed by atoms with E-state index >= 15 is 0 Å². The van der Waals surface area contributed by atoms with Gasteiger partial charge in [0.25, 0.3) is 0 Å². The molecule has 0 saturated carbocycles. The minimum absolute atomic E-state index is 0.356. The average molecular weight is 606 g/mol. The number of hydrogen-bond donors (Lipinski definition) is 1. The lowest BCUT2D eigenvalue weighted by molar-refractivity contribution is 0.0224. The highest BCUT2D eigenvalue weighted by molar-refractivity contribution is 9.10. The number of carbonyl (C=O) groups is 1. The molecule has 0 radical (unpaired) electrons. The number of benzene rings is 4. The van der Waals surface area contributed by atoms with Gasteiger partial charge in [-0.1, -0.05) is 49.1 Å². The summed E-state index contributed by atoms with van der Waals surface area (Å²) in [6.45, 7) is 8.83. The van der Waals surface area contributed by atoms with Crippen LogP contribution in [-0.4, -0.2) is 12.5 Å². The predicted molar refractivity (Wildman–Crippen MR) is 168 cm³/mol. The predicted octanol–water partition coefficient (Wildman–Crippen LogP) is 9.23. The van der Waals surface area contributed by atoms with Gasteiger partial charge in [0.2, 0.25) is 0 Å². The van der Waals surface area contributed by atoms with Gasteiger partial charge in [0.15, 0.2) is 5.60 Å². The molecule has 0 saturated heterocycles. The molecule has 0 fully saturated rings. The minimum Gasteiger partial charge on any atom is -0.456 e. The molecule has 6 heteroatoms. The molecule has 0 aliphatic carbocycles. The molecule has 0 bridgehead atoms. The molecular formula is C35H29BrN2O3. The molecule has 0 amide bonds. The van der Waals surface area contributed by atoms with Crippen molar-refractivity contribution in [3.05, 3.63) is 148 Å². The second kappa shape index (κ2) is 10.8. The number of hydrogen-bond acceptors (Lipinski definition) is 5. The number of allylic oxidation sites excluding steroid dienone is 4. The van der Waals surface area contributed by atoms with E-state index in [0.717, 1.165) is 50.5 Å². The van der Waals surface area contributed by atoms with Crippen molar-refractivity contribution < 1.29 is 14.3 Å². The normalized spacial score (nSPS) is 17.0.